The second-order valence-electron chi connectivity index (χ2n) is 6.21. The van der Waals surface area contributed by atoms with Crippen LogP contribution in [0.1, 0.15) is 31.9 Å². The molecule has 0 radical (unpaired) electrons. The van der Waals surface area contributed by atoms with Gasteiger partial charge in [-0.3, -0.25) is 4.90 Å². The van der Waals surface area contributed by atoms with Gasteiger partial charge in [-0.05, 0) is 38.1 Å². The third-order valence-corrected chi connectivity index (χ3v) is 4.10. The lowest BCUT2D eigenvalue weighted by atomic mass is 10.0. The highest BCUT2D eigenvalue weighted by atomic mass is 16.5. The van der Waals surface area contributed by atoms with Crippen LogP contribution in [-0.2, 0) is 17.8 Å². The minimum Gasteiger partial charge on any atom is -0.496 e. The fourth-order valence-electron chi connectivity index (χ4n) is 2.72. The van der Waals surface area contributed by atoms with Crippen LogP contribution in [0.5, 0.6) is 5.75 Å². The van der Waals surface area contributed by atoms with Gasteiger partial charge in [0.1, 0.15) is 5.75 Å². The smallest absolute Gasteiger partial charge is 0.123 e. The van der Waals surface area contributed by atoms with E-state index in [0.29, 0.717) is 0 Å². The monoisotopic (exact) mass is 292 g/mol. The van der Waals surface area contributed by atoms with Crippen molar-refractivity contribution in [1.82, 2.24) is 10.2 Å². The predicted molar refractivity (Wildman–Crippen MR) is 85.7 cm³/mol. The van der Waals surface area contributed by atoms with Crippen LogP contribution in [-0.4, -0.2) is 43.9 Å². The lowest BCUT2D eigenvalue weighted by Crippen LogP contribution is -2.52. The van der Waals surface area contributed by atoms with Gasteiger partial charge in [0.25, 0.3) is 0 Å². The van der Waals surface area contributed by atoms with Crippen molar-refractivity contribution < 1.29 is 9.47 Å². The van der Waals surface area contributed by atoms with Gasteiger partial charge in [0, 0.05) is 30.7 Å². The SMILES string of the molecule is CCNCc1ccc(OC)c(CN2CCOCC2(C)C)c1. The average molecular weight is 292 g/mol. The van der Waals surface area contributed by atoms with E-state index in [2.05, 4.69) is 49.2 Å². The van der Waals surface area contributed by atoms with Crippen molar-refractivity contribution >= 4 is 0 Å². The van der Waals surface area contributed by atoms with Crippen LogP contribution in [0.2, 0.25) is 0 Å². The molecule has 118 valence electrons. The second-order valence-corrected chi connectivity index (χ2v) is 6.21. The number of hydrogen-bond acceptors (Lipinski definition) is 4. The number of nitrogens with one attached hydrogen (secondary N) is 1. The van der Waals surface area contributed by atoms with Crippen LogP contribution >= 0.6 is 0 Å². The Bertz CT molecular complexity index is 460. The van der Waals surface area contributed by atoms with E-state index in [1.165, 1.54) is 11.1 Å². The van der Waals surface area contributed by atoms with Crippen LogP contribution < -0.4 is 10.1 Å². The minimum atomic E-state index is 0.0704. The molecule has 4 nitrogen and oxygen atoms in total. The number of ether oxygens (including phenoxy) is 2. The van der Waals surface area contributed by atoms with Gasteiger partial charge >= 0.3 is 0 Å². The highest BCUT2D eigenvalue weighted by Gasteiger charge is 2.30. The molecule has 1 aromatic carbocycles. The first kappa shape index (κ1) is 16.3. The fourth-order valence-corrected chi connectivity index (χ4v) is 2.72. The molecule has 1 heterocycles. The Hall–Kier alpha value is -1.10. The second kappa shape index (κ2) is 7.25. The van der Waals surface area contributed by atoms with Gasteiger partial charge in [-0.25, -0.2) is 0 Å². The summed E-state index contributed by atoms with van der Waals surface area (Å²) in [6, 6.07) is 6.47. The molecule has 0 aliphatic carbocycles. The summed E-state index contributed by atoms with van der Waals surface area (Å²) in [7, 11) is 1.74. The zero-order chi connectivity index (χ0) is 15.3. The summed E-state index contributed by atoms with van der Waals surface area (Å²) in [4.78, 5) is 2.48. The largest absolute Gasteiger partial charge is 0.496 e. The van der Waals surface area contributed by atoms with Crippen LogP contribution in [0.25, 0.3) is 0 Å². The van der Waals surface area contributed by atoms with E-state index in [-0.39, 0.29) is 5.54 Å². The molecule has 0 aromatic heterocycles. The Morgan fingerprint density at radius 3 is 2.86 bits per heavy atom. The molecule has 2 rings (SSSR count). The molecule has 1 aromatic rings. The molecule has 0 saturated carbocycles. The van der Waals surface area contributed by atoms with Gasteiger partial charge in [-0.1, -0.05) is 13.0 Å². The molecule has 0 unspecified atom stereocenters. The van der Waals surface area contributed by atoms with Crippen LogP contribution in [0.15, 0.2) is 18.2 Å². The van der Waals surface area contributed by atoms with Crippen molar-refractivity contribution in [2.24, 2.45) is 0 Å². The van der Waals surface area contributed by atoms with Gasteiger partial charge in [0.2, 0.25) is 0 Å². The van der Waals surface area contributed by atoms with Crippen LogP contribution in [0.3, 0.4) is 0 Å². The molecule has 1 saturated heterocycles. The van der Waals surface area contributed by atoms with Crippen molar-refractivity contribution in [3.8, 4) is 5.75 Å². The van der Waals surface area contributed by atoms with E-state index in [1.807, 2.05) is 0 Å². The maximum atomic E-state index is 5.60. The first-order chi connectivity index (χ1) is 10.1. The highest BCUT2D eigenvalue weighted by molar-refractivity contribution is 5.37. The van der Waals surface area contributed by atoms with Gasteiger partial charge in [-0.2, -0.15) is 0 Å². The number of methoxy groups -OCH3 is 1. The Morgan fingerprint density at radius 2 is 2.19 bits per heavy atom. The van der Waals surface area contributed by atoms with Gasteiger partial charge in [0.05, 0.1) is 20.3 Å². The molecule has 0 spiro atoms. The fraction of sp³-hybridized carbons (Fsp3) is 0.647. The molecule has 1 fully saturated rings. The zero-order valence-corrected chi connectivity index (χ0v) is 13.7. The summed E-state index contributed by atoms with van der Waals surface area (Å²) in [6.45, 7) is 11.9. The summed E-state index contributed by atoms with van der Waals surface area (Å²) in [6.07, 6.45) is 0. The average Bonchev–Trinajstić information content (AvgIpc) is 2.47. The van der Waals surface area contributed by atoms with Crippen molar-refractivity contribution in [3.63, 3.8) is 0 Å². The van der Waals surface area contributed by atoms with Crippen molar-refractivity contribution in [1.29, 1.82) is 0 Å². The molecule has 0 amide bonds. The Morgan fingerprint density at radius 1 is 1.38 bits per heavy atom. The van der Waals surface area contributed by atoms with E-state index in [0.717, 1.165) is 45.1 Å². The van der Waals surface area contributed by atoms with Gasteiger partial charge in [-0.15, -0.1) is 0 Å². The molecule has 0 bridgehead atoms. The molecule has 4 heteroatoms. The van der Waals surface area contributed by atoms with E-state index >= 15 is 0 Å². The molecule has 1 aliphatic rings. The van der Waals surface area contributed by atoms with Crippen LogP contribution in [0, 0.1) is 0 Å². The standard InChI is InChI=1S/C17H28N2O2/c1-5-18-11-14-6-7-16(20-4)15(10-14)12-19-8-9-21-13-17(19,2)3/h6-7,10,18H,5,8-9,11-13H2,1-4H3. The summed E-state index contributed by atoms with van der Waals surface area (Å²) in [5.74, 6) is 0.970. The van der Waals surface area contributed by atoms with E-state index < -0.39 is 0 Å². The maximum absolute atomic E-state index is 5.60. The van der Waals surface area contributed by atoms with E-state index in [9.17, 15) is 0 Å². The van der Waals surface area contributed by atoms with Crippen molar-refractivity contribution in [2.45, 2.75) is 39.4 Å². The number of morpholine rings is 1. The first-order valence-electron chi connectivity index (χ1n) is 7.76. The number of hydrogen-bond donors (Lipinski definition) is 1. The van der Waals surface area contributed by atoms with Crippen molar-refractivity contribution in [2.75, 3.05) is 33.4 Å². The lowest BCUT2D eigenvalue weighted by Gasteiger charge is -2.42. The third-order valence-electron chi connectivity index (χ3n) is 4.10. The minimum absolute atomic E-state index is 0.0704. The molecule has 0 atom stereocenters. The highest BCUT2D eigenvalue weighted by Crippen LogP contribution is 2.27. The lowest BCUT2D eigenvalue weighted by molar-refractivity contribution is -0.0555. The summed E-state index contributed by atoms with van der Waals surface area (Å²) >= 11 is 0. The number of rotatable bonds is 6. The summed E-state index contributed by atoms with van der Waals surface area (Å²) in [5, 5.41) is 3.37. The molecular weight excluding hydrogens is 264 g/mol. The van der Waals surface area contributed by atoms with E-state index in [1.54, 1.807) is 7.11 Å². The number of nitrogens with zero attached hydrogens (tertiary/aromatic N) is 1. The maximum Gasteiger partial charge on any atom is 0.123 e. The summed E-state index contributed by atoms with van der Waals surface area (Å²) in [5.41, 5.74) is 2.63. The van der Waals surface area contributed by atoms with Gasteiger partial charge in [0.15, 0.2) is 0 Å². The zero-order valence-electron chi connectivity index (χ0n) is 13.7. The molecule has 1 aliphatic heterocycles. The quantitative estimate of drug-likeness (QED) is 0.873. The first-order valence-corrected chi connectivity index (χ1v) is 7.76. The molecule has 1 N–H and O–H groups in total. The Labute approximate surface area is 128 Å². The Kier molecular flexibility index (Phi) is 5.62. The topological polar surface area (TPSA) is 33.7 Å². The van der Waals surface area contributed by atoms with Crippen LogP contribution in [0.4, 0.5) is 0 Å². The normalized spacial score (nSPS) is 18.7. The third kappa shape index (κ3) is 4.19. The predicted octanol–water partition coefficient (Wildman–Crippen LogP) is 2.42. The van der Waals surface area contributed by atoms with Gasteiger partial charge < -0.3 is 14.8 Å². The Balaban J connectivity index is 2.16. The molecular formula is C17H28N2O2. The number of benzene rings is 1. The molecule has 21 heavy (non-hydrogen) atoms. The van der Waals surface area contributed by atoms with Crippen molar-refractivity contribution in [3.05, 3.63) is 29.3 Å². The summed E-state index contributed by atoms with van der Waals surface area (Å²) < 4.78 is 11.1. The van der Waals surface area contributed by atoms with E-state index in [4.69, 9.17) is 9.47 Å².